The molecule has 0 N–H and O–H groups in total. The van der Waals surface area contributed by atoms with E-state index in [1.807, 2.05) is 0 Å². The Morgan fingerprint density at radius 1 is 0.253 bits per heavy atom. The maximum absolute atomic E-state index is 12.9. The highest BCUT2D eigenvalue weighted by Crippen LogP contribution is 2.17. The van der Waals surface area contributed by atoms with Gasteiger partial charge >= 0.3 is 17.9 Å². The molecule has 1 atom stereocenters. The Kier molecular flexibility index (Phi) is 67.7. The van der Waals surface area contributed by atoms with Gasteiger partial charge in [0, 0.05) is 19.3 Å². The molecule has 0 saturated carbocycles. The van der Waals surface area contributed by atoms with E-state index < -0.39 is 6.10 Å². The van der Waals surface area contributed by atoms with Gasteiger partial charge in [-0.1, -0.05) is 330 Å². The molecule has 0 saturated heterocycles. The number of ether oxygens (including phenoxy) is 3. The molecule has 6 heteroatoms. The summed E-state index contributed by atoms with van der Waals surface area (Å²) < 4.78 is 17.0. The number of hydrogen-bond acceptors (Lipinski definition) is 6. The molecule has 0 heterocycles. The molecule has 478 valence electrons. The van der Waals surface area contributed by atoms with Crippen molar-refractivity contribution in [2.24, 2.45) is 0 Å². The van der Waals surface area contributed by atoms with Crippen LogP contribution in [0.25, 0.3) is 0 Å². The number of esters is 3. The molecular weight excluding hydrogens is 1020 g/mol. The lowest BCUT2D eigenvalue weighted by molar-refractivity contribution is -0.167. The Morgan fingerprint density at radius 3 is 0.747 bits per heavy atom. The first-order chi connectivity index (χ1) is 41.0. The number of unbranched alkanes of at least 4 members (excludes halogenated alkanes) is 38. The molecule has 0 amide bonds. The topological polar surface area (TPSA) is 78.9 Å². The van der Waals surface area contributed by atoms with E-state index in [9.17, 15) is 14.4 Å². The number of allylic oxidation sites excluding steroid dienone is 16. The van der Waals surface area contributed by atoms with Gasteiger partial charge in [0.1, 0.15) is 13.2 Å². The van der Waals surface area contributed by atoms with Gasteiger partial charge in [-0.25, -0.2) is 0 Å². The van der Waals surface area contributed by atoms with E-state index in [-0.39, 0.29) is 31.1 Å². The normalized spacial score (nSPS) is 12.7. The smallest absolute Gasteiger partial charge is 0.306 e. The zero-order valence-electron chi connectivity index (χ0n) is 54.9. The first-order valence-electron chi connectivity index (χ1n) is 35.7. The van der Waals surface area contributed by atoms with E-state index in [2.05, 4.69) is 118 Å². The SMILES string of the molecule is CC/C=C\C/C=C\C/C=C\C/C=C\C/C=C\C/C=C\C/C=C\CCCCCCCCCCCCCCCC(=O)OCC(COC(=O)CCCCCCCCCCCCCCCC)OC(=O)CCCCCCC/C=C\CCCCCCCCC. The summed E-state index contributed by atoms with van der Waals surface area (Å²) in [6.07, 6.45) is 95.8. The molecule has 0 aromatic heterocycles. The molecule has 0 aromatic rings. The van der Waals surface area contributed by atoms with E-state index in [0.29, 0.717) is 19.3 Å². The molecule has 0 rings (SSSR count). The third-order valence-corrected chi connectivity index (χ3v) is 15.6. The van der Waals surface area contributed by atoms with Gasteiger partial charge in [-0.05, 0) is 103 Å². The van der Waals surface area contributed by atoms with E-state index >= 15 is 0 Å². The second kappa shape index (κ2) is 70.8. The van der Waals surface area contributed by atoms with Crippen LogP contribution in [-0.4, -0.2) is 37.2 Å². The first-order valence-corrected chi connectivity index (χ1v) is 35.7. The molecule has 0 aromatic carbocycles. The van der Waals surface area contributed by atoms with Gasteiger partial charge < -0.3 is 14.2 Å². The summed E-state index contributed by atoms with van der Waals surface area (Å²) in [4.78, 5) is 38.4. The van der Waals surface area contributed by atoms with Crippen molar-refractivity contribution in [3.63, 3.8) is 0 Å². The zero-order chi connectivity index (χ0) is 59.9. The molecule has 83 heavy (non-hydrogen) atoms. The lowest BCUT2D eigenvalue weighted by atomic mass is 10.0. The maximum atomic E-state index is 12.9. The molecule has 0 aliphatic rings. The standard InChI is InChI=1S/C77H134O6/c1-4-7-10-13-16-19-22-25-28-30-31-32-33-34-35-36-37-38-39-40-41-42-43-44-45-46-47-48-50-52-55-58-61-64-67-70-76(79)82-73-74(72-81-75(78)69-66-63-60-57-54-51-27-24-21-18-15-12-9-6-3)83-77(80)71-68-65-62-59-56-53-49-29-26-23-20-17-14-11-8-5-2/h7,10,16,19,25,28-29,31-32,34-35,37-38,40-41,49,74H,4-6,8-9,11-15,17-18,20-24,26-27,30,33,36,39,42-48,50-73H2,1-3H3/b10-7-,19-16-,28-25-,32-31-,35-34-,38-37-,41-40-,49-29-. The summed E-state index contributed by atoms with van der Waals surface area (Å²) in [5.74, 6) is -0.867. The maximum Gasteiger partial charge on any atom is 0.306 e. The van der Waals surface area contributed by atoms with E-state index in [4.69, 9.17) is 14.2 Å². The average molecular weight is 1160 g/mol. The van der Waals surface area contributed by atoms with Gasteiger partial charge in [0.2, 0.25) is 0 Å². The predicted molar refractivity (Wildman–Crippen MR) is 362 cm³/mol. The Bertz CT molecular complexity index is 1610. The summed E-state index contributed by atoms with van der Waals surface area (Å²) in [5.41, 5.74) is 0. The Hall–Kier alpha value is -3.67. The second-order valence-electron chi connectivity index (χ2n) is 23.8. The highest BCUT2D eigenvalue weighted by atomic mass is 16.6. The molecule has 0 bridgehead atoms. The molecule has 6 nitrogen and oxygen atoms in total. The highest BCUT2D eigenvalue weighted by Gasteiger charge is 2.19. The second-order valence-corrected chi connectivity index (χ2v) is 23.8. The molecular formula is C77H134O6. The van der Waals surface area contributed by atoms with Crippen LogP contribution in [0.3, 0.4) is 0 Å². The lowest BCUT2D eigenvalue weighted by Gasteiger charge is -2.18. The molecule has 0 spiro atoms. The highest BCUT2D eigenvalue weighted by molar-refractivity contribution is 5.71. The summed E-state index contributed by atoms with van der Waals surface area (Å²) >= 11 is 0. The van der Waals surface area contributed by atoms with Crippen LogP contribution in [-0.2, 0) is 28.6 Å². The summed E-state index contributed by atoms with van der Waals surface area (Å²) in [6, 6.07) is 0. The van der Waals surface area contributed by atoms with Crippen molar-refractivity contribution >= 4 is 17.9 Å². The zero-order valence-corrected chi connectivity index (χ0v) is 54.9. The molecule has 0 fully saturated rings. The summed E-state index contributed by atoms with van der Waals surface area (Å²) in [7, 11) is 0. The molecule has 0 aliphatic carbocycles. The Labute approximate surface area is 515 Å². The van der Waals surface area contributed by atoms with E-state index in [1.165, 1.54) is 205 Å². The van der Waals surface area contributed by atoms with Gasteiger partial charge in [0.25, 0.3) is 0 Å². The van der Waals surface area contributed by atoms with Crippen LogP contribution in [0.4, 0.5) is 0 Å². The molecule has 0 radical (unpaired) electrons. The van der Waals surface area contributed by atoms with Crippen molar-refractivity contribution in [2.75, 3.05) is 13.2 Å². The van der Waals surface area contributed by atoms with E-state index in [0.717, 1.165) is 109 Å². The van der Waals surface area contributed by atoms with Crippen LogP contribution in [0.1, 0.15) is 355 Å². The van der Waals surface area contributed by atoms with Crippen molar-refractivity contribution in [3.8, 4) is 0 Å². The average Bonchev–Trinajstić information content (AvgIpc) is 3.49. The quantitative estimate of drug-likeness (QED) is 0.0261. The van der Waals surface area contributed by atoms with Crippen LogP contribution in [0.2, 0.25) is 0 Å². The van der Waals surface area contributed by atoms with Gasteiger partial charge in [0.05, 0.1) is 0 Å². The Balaban J connectivity index is 4.19. The largest absolute Gasteiger partial charge is 0.462 e. The van der Waals surface area contributed by atoms with Gasteiger partial charge in [-0.15, -0.1) is 0 Å². The Morgan fingerprint density at radius 2 is 0.470 bits per heavy atom. The van der Waals surface area contributed by atoms with Crippen LogP contribution in [0.15, 0.2) is 97.2 Å². The third kappa shape index (κ3) is 69.0. The van der Waals surface area contributed by atoms with Crippen LogP contribution < -0.4 is 0 Å². The number of carbonyl (C=O) groups excluding carboxylic acids is 3. The van der Waals surface area contributed by atoms with Crippen molar-refractivity contribution in [2.45, 2.75) is 361 Å². The molecule has 0 aliphatic heterocycles. The van der Waals surface area contributed by atoms with Crippen LogP contribution in [0.5, 0.6) is 0 Å². The van der Waals surface area contributed by atoms with Gasteiger partial charge in [0.15, 0.2) is 6.10 Å². The first kappa shape index (κ1) is 79.3. The minimum atomic E-state index is -0.780. The van der Waals surface area contributed by atoms with Crippen molar-refractivity contribution in [1.29, 1.82) is 0 Å². The van der Waals surface area contributed by atoms with Crippen LogP contribution >= 0.6 is 0 Å². The van der Waals surface area contributed by atoms with Crippen molar-refractivity contribution in [1.82, 2.24) is 0 Å². The number of rotatable bonds is 65. The summed E-state index contributed by atoms with van der Waals surface area (Å²) in [6.45, 7) is 6.56. The van der Waals surface area contributed by atoms with Gasteiger partial charge in [-0.2, -0.15) is 0 Å². The molecule has 1 unspecified atom stereocenters. The van der Waals surface area contributed by atoms with Gasteiger partial charge in [-0.3, -0.25) is 14.4 Å². The minimum Gasteiger partial charge on any atom is -0.462 e. The fraction of sp³-hybridized carbons (Fsp3) is 0.753. The predicted octanol–water partition coefficient (Wildman–Crippen LogP) is 24.8. The minimum absolute atomic E-state index is 0.0753. The van der Waals surface area contributed by atoms with Crippen LogP contribution in [0, 0.1) is 0 Å². The lowest BCUT2D eigenvalue weighted by Crippen LogP contribution is -2.30. The third-order valence-electron chi connectivity index (χ3n) is 15.6. The number of carbonyl (C=O) groups is 3. The van der Waals surface area contributed by atoms with Crippen molar-refractivity contribution < 1.29 is 28.6 Å². The monoisotopic (exact) mass is 1160 g/mol. The fourth-order valence-corrected chi connectivity index (χ4v) is 10.2. The summed E-state index contributed by atoms with van der Waals surface area (Å²) in [5, 5.41) is 0. The van der Waals surface area contributed by atoms with Crippen molar-refractivity contribution in [3.05, 3.63) is 97.2 Å². The fourth-order valence-electron chi connectivity index (χ4n) is 10.2. The van der Waals surface area contributed by atoms with E-state index in [1.54, 1.807) is 0 Å². The number of hydrogen-bond donors (Lipinski definition) is 0.